The van der Waals surface area contributed by atoms with Gasteiger partial charge >= 0.3 is 0 Å². The topological polar surface area (TPSA) is 55.6 Å². The quantitative estimate of drug-likeness (QED) is 0.897. The Labute approximate surface area is 110 Å². The zero-order valence-corrected chi connectivity index (χ0v) is 10.6. The fraction of sp³-hybridized carbons (Fsp3) is 0.417. The first kappa shape index (κ1) is 11.6. The minimum absolute atomic E-state index is 0.368. The van der Waals surface area contributed by atoms with E-state index in [1.807, 2.05) is 24.3 Å². The molecule has 0 radical (unpaired) electrons. The van der Waals surface area contributed by atoms with E-state index in [9.17, 15) is 0 Å². The molecular formula is C12H14ClN5. The lowest BCUT2D eigenvalue weighted by molar-refractivity contribution is 0.440. The van der Waals surface area contributed by atoms with Gasteiger partial charge in [0.2, 0.25) is 0 Å². The number of rotatable bonds is 2. The summed E-state index contributed by atoms with van der Waals surface area (Å²) in [5.41, 5.74) is 0.910. The van der Waals surface area contributed by atoms with Crippen molar-refractivity contribution in [3.63, 3.8) is 0 Å². The highest BCUT2D eigenvalue weighted by Crippen LogP contribution is 2.23. The van der Waals surface area contributed by atoms with Gasteiger partial charge in [0.15, 0.2) is 5.82 Å². The molecule has 1 aliphatic heterocycles. The van der Waals surface area contributed by atoms with Gasteiger partial charge in [-0.05, 0) is 48.0 Å². The highest BCUT2D eigenvalue weighted by molar-refractivity contribution is 6.30. The molecule has 0 bridgehead atoms. The van der Waals surface area contributed by atoms with E-state index in [1.165, 1.54) is 0 Å². The SMILES string of the molecule is Clc1cccc(-n2nnnc2C2CCCNC2)c1. The van der Waals surface area contributed by atoms with E-state index in [0.29, 0.717) is 10.9 Å². The Bertz CT molecular complexity index is 533. The number of nitrogens with zero attached hydrogens (tertiary/aromatic N) is 4. The van der Waals surface area contributed by atoms with Crippen LogP contribution in [0.5, 0.6) is 0 Å². The minimum Gasteiger partial charge on any atom is -0.316 e. The Kier molecular flexibility index (Phi) is 3.25. The summed E-state index contributed by atoms with van der Waals surface area (Å²) in [5, 5.41) is 16.1. The minimum atomic E-state index is 0.368. The molecule has 2 aromatic rings. The lowest BCUT2D eigenvalue weighted by Gasteiger charge is -2.21. The summed E-state index contributed by atoms with van der Waals surface area (Å²) < 4.78 is 1.78. The van der Waals surface area contributed by atoms with E-state index in [1.54, 1.807) is 4.68 Å². The molecule has 6 heteroatoms. The van der Waals surface area contributed by atoms with E-state index in [-0.39, 0.29) is 0 Å². The fourth-order valence-electron chi connectivity index (χ4n) is 2.31. The van der Waals surface area contributed by atoms with E-state index in [0.717, 1.165) is 37.4 Å². The van der Waals surface area contributed by atoms with Crippen LogP contribution < -0.4 is 5.32 Å². The molecule has 18 heavy (non-hydrogen) atoms. The third-order valence-corrected chi connectivity index (χ3v) is 3.44. The molecule has 0 amide bonds. The highest BCUT2D eigenvalue weighted by atomic mass is 35.5. The average molecular weight is 264 g/mol. The summed E-state index contributed by atoms with van der Waals surface area (Å²) in [6, 6.07) is 7.58. The van der Waals surface area contributed by atoms with Crippen molar-refractivity contribution in [1.29, 1.82) is 0 Å². The molecule has 1 aromatic heterocycles. The predicted molar refractivity (Wildman–Crippen MR) is 69.0 cm³/mol. The van der Waals surface area contributed by atoms with Crippen molar-refractivity contribution in [2.45, 2.75) is 18.8 Å². The molecule has 1 aromatic carbocycles. The van der Waals surface area contributed by atoms with Crippen molar-refractivity contribution in [2.75, 3.05) is 13.1 Å². The fourth-order valence-corrected chi connectivity index (χ4v) is 2.50. The number of aromatic nitrogens is 4. The van der Waals surface area contributed by atoms with Crippen molar-refractivity contribution in [1.82, 2.24) is 25.5 Å². The van der Waals surface area contributed by atoms with Crippen LogP contribution in [-0.2, 0) is 0 Å². The van der Waals surface area contributed by atoms with Crippen LogP contribution in [0.25, 0.3) is 5.69 Å². The highest BCUT2D eigenvalue weighted by Gasteiger charge is 2.22. The molecule has 1 saturated heterocycles. The normalized spacial score (nSPS) is 19.9. The Hall–Kier alpha value is -1.46. The van der Waals surface area contributed by atoms with Crippen LogP contribution in [0.2, 0.25) is 5.02 Å². The number of benzene rings is 1. The van der Waals surface area contributed by atoms with E-state index in [2.05, 4.69) is 20.8 Å². The molecule has 1 N–H and O–H groups in total. The summed E-state index contributed by atoms with van der Waals surface area (Å²) in [6.07, 6.45) is 2.28. The van der Waals surface area contributed by atoms with Crippen LogP contribution in [-0.4, -0.2) is 33.3 Å². The third-order valence-electron chi connectivity index (χ3n) is 3.21. The largest absolute Gasteiger partial charge is 0.316 e. The van der Waals surface area contributed by atoms with Crippen molar-refractivity contribution in [3.8, 4) is 5.69 Å². The third kappa shape index (κ3) is 2.23. The van der Waals surface area contributed by atoms with Gasteiger partial charge in [0.1, 0.15) is 0 Å². The molecule has 1 fully saturated rings. The Morgan fingerprint density at radius 1 is 1.39 bits per heavy atom. The van der Waals surface area contributed by atoms with E-state index >= 15 is 0 Å². The molecule has 0 spiro atoms. The molecular weight excluding hydrogens is 250 g/mol. The number of hydrogen-bond acceptors (Lipinski definition) is 4. The summed E-state index contributed by atoms with van der Waals surface area (Å²) in [7, 11) is 0. The summed E-state index contributed by atoms with van der Waals surface area (Å²) in [6.45, 7) is 2.01. The van der Waals surface area contributed by atoms with Crippen LogP contribution >= 0.6 is 11.6 Å². The lowest BCUT2D eigenvalue weighted by atomic mass is 9.99. The number of halogens is 1. The number of hydrogen-bond donors (Lipinski definition) is 1. The molecule has 5 nitrogen and oxygen atoms in total. The van der Waals surface area contributed by atoms with Crippen molar-refractivity contribution < 1.29 is 0 Å². The summed E-state index contributed by atoms with van der Waals surface area (Å²) in [5.74, 6) is 1.28. The Morgan fingerprint density at radius 2 is 2.33 bits per heavy atom. The van der Waals surface area contributed by atoms with E-state index < -0.39 is 0 Å². The smallest absolute Gasteiger partial charge is 0.161 e. The van der Waals surface area contributed by atoms with Crippen LogP contribution in [0, 0.1) is 0 Å². The second-order valence-corrected chi connectivity index (χ2v) is 4.91. The van der Waals surface area contributed by atoms with Gasteiger partial charge in [0.25, 0.3) is 0 Å². The van der Waals surface area contributed by atoms with Gasteiger partial charge in [-0.15, -0.1) is 5.10 Å². The first-order valence-electron chi connectivity index (χ1n) is 6.09. The maximum Gasteiger partial charge on any atom is 0.161 e. The maximum absolute atomic E-state index is 6.01. The van der Waals surface area contributed by atoms with Crippen molar-refractivity contribution in [3.05, 3.63) is 35.1 Å². The van der Waals surface area contributed by atoms with Gasteiger partial charge < -0.3 is 5.32 Å². The predicted octanol–water partition coefficient (Wildman–Crippen LogP) is 1.78. The first-order chi connectivity index (χ1) is 8.84. The van der Waals surface area contributed by atoms with Gasteiger partial charge in [-0.25, -0.2) is 0 Å². The lowest BCUT2D eigenvalue weighted by Crippen LogP contribution is -2.30. The second-order valence-electron chi connectivity index (χ2n) is 4.47. The molecule has 1 unspecified atom stereocenters. The average Bonchev–Trinajstić information content (AvgIpc) is 2.89. The van der Waals surface area contributed by atoms with Gasteiger partial charge in [-0.3, -0.25) is 0 Å². The van der Waals surface area contributed by atoms with Gasteiger partial charge in [-0.1, -0.05) is 17.7 Å². The molecule has 1 aliphatic rings. The Balaban J connectivity index is 1.95. The Morgan fingerprint density at radius 3 is 3.11 bits per heavy atom. The van der Waals surface area contributed by atoms with E-state index in [4.69, 9.17) is 11.6 Å². The maximum atomic E-state index is 6.01. The number of piperidine rings is 1. The molecule has 1 atom stereocenters. The molecule has 94 valence electrons. The zero-order valence-electron chi connectivity index (χ0n) is 9.88. The summed E-state index contributed by atoms with van der Waals surface area (Å²) >= 11 is 6.01. The molecule has 3 rings (SSSR count). The van der Waals surface area contributed by atoms with Crippen LogP contribution in [0.3, 0.4) is 0 Å². The number of nitrogens with one attached hydrogen (secondary N) is 1. The monoisotopic (exact) mass is 263 g/mol. The zero-order chi connectivity index (χ0) is 12.4. The first-order valence-corrected chi connectivity index (χ1v) is 6.47. The van der Waals surface area contributed by atoms with Crippen LogP contribution in [0.15, 0.2) is 24.3 Å². The van der Waals surface area contributed by atoms with Gasteiger partial charge in [-0.2, -0.15) is 4.68 Å². The van der Waals surface area contributed by atoms with Gasteiger partial charge in [0.05, 0.1) is 5.69 Å². The van der Waals surface area contributed by atoms with Crippen molar-refractivity contribution in [2.24, 2.45) is 0 Å². The molecule has 0 aliphatic carbocycles. The molecule has 0 saturated carbocycles. The molecule has 2 heterocycles. The van der Waals surface area contributed by atoms with Gasteiger partial charge in [0, 0.05) is 17.5 Å². The second kappa shape index (κ2) is 5.04. The van der Waals surface area contributed by atoms with Crippen LogP contribution in [0.4, 0.5) is 0 Å². The number of tetrazole rings is 1. The summed E-state index contributed by atoms with van der Waals surface area (Å²) in [4.78, 5) is 0. The standard InChI is InChI=1S/C12H14ClN5/c13-10-4-1-5-11(7-10)18-12(15-16-17-18)9-3-2-6-14-8-9/h1,4-5,7,9,14H,2-3,6,8H2. The van der Waals surface area contributed by atoms with Crippen LogP contribution in [0.1, 0.15) is 24.6 Å². The van der Waals surface area contributed by atoms with Crippen molar-refractivity contribution >= 4 is 11.6 Å².